The number of furan rings is 1. The fourth-order valence-corrected chi connectivity index (χ4v) is 1.94. The van der Waals surface area contributed by atoms with Crippen molar-refractivity contribution in [1.82, 2.24) is 5.16 Å². The molecular weight excluding hydrogens is 233 g/mol. The van der Waals surface area contributed by atoms with Crippen LogP contribution in [0.5, 0.6) is 0 Å². The van der Waals surface area contributed by atoms with E-state index in [0.29, 0.717) is 17.8 Å². The van der Waals surface area contributed by atoms with Crippen LogP contribution in [-0.2, 0) is 0 Å². The van der Waals surface area contributed by atoms with E-state index in [1.165, 1.54) is 6.26 Å². The van der Waals surface area contributed by atoms with Gasteiger partial charge >= 0.3 is 0 Å². The van der Waals surface area contributed by atoms with Gasteiger partial charge in [0.15, 0.2) is 6.17 Å². The van der Waals surface area contributed by atoms with Gasteiger partial charge in [-0.3, -0.25) is 0 Å². The van der Waals surface area contributed by atoms with E-state index in [1.807, 2.05) is 18.2 Å². The molecule has 4 heteroatoms. The van der Waals surface area contributed by atoms with Gasteiger partial charge in [-0.05, 0) is 30.7 Å². The van der Waals surface area contributed by atoms with Gasteiger partial charge in [-0.15, -0.1) is 0 Å². The number of alkyl halides is 1. The first-order valence-corrected chi connectivity index (χ1v) is 5.86. The third-order valence-electron chi connectivity index (χ3n) is 2.94. The highest BCUT2D eigenvalue weighted by atomic mass is 19.1. The Morgan fingerprint density at radius 2 is 2.17 bits per heavy atom. The number of rotatable bonds is 3. The van der Waals surface area contributed by atoms with Gasteiger partial charge in [0.1, 0.15) is 23.3 Å². The molecule has 0 fully saturated rings. The Bertz CT molecular complexity index is 658. The van der Waals surface area contributed by atoms with Gasteiger partial charge in [0, 0.05) is 17.0 Å². The third-order valence-corrected chi connectivity index (χ3v) is 2.94. The molecule has 1 unspecified atom stereocenters. The average molecular weight is 245 g/mol. The lowest BCUT2D eigenvalue weighted by atomic mass is 10.1. The summed E-state index contributed by atoms with van der Waals surface area (Å²) in [4.78, 5) is 0. The summed E-state index contributed by atoms with van der Waals surface area (Å²) in [6, 6.07) is 9.15. The highest BCUT2D eigenvalue weighted by Gasteiger charge is 2.13. The van der Waals surface area contributed by atoms with Gasteiger partial charge in [-0.1, -0.05) is 12.1 Å². The smallest absolute Gasteiger partial charge is 0.157 e. The van der Waals surface area contributed by atoms with Crippen LogP contribution in [0.25, 0.3) is 22.2 Å². The van der Waals surface area contributed by atoms with E-state index in [2.05, 4.69) is 5.16 Å². The van der Waals surface area contributed by atoms with Crippen LogP contribution in [0.1, 0.15) is 25.3 Å². The summed E-state index contributed by atoms with van der Waals surface area (Å²) in [5.41, 5.74) is 2.37. The maximum atomic E-state index is 13.6. The lowest BCUT2D eigenvalue weighted by molar-refractivity contribution is 0.285. The van der Waals surface area contributed by atoms with Gasteiger partial charge in [-0.2, -0.15) is 0 Å². The van der Waals surface area contributed by atoms with Crippen molar-refractivity contribution in [2.75, 3.05) is 0 Å². The van der Waals surface area contributed by atoms with Crippen LogP contribution in [0.4, 0.5) is 4.39 Å². The van der Waals surface area contributed by atoms with Crippen LogP contribution in [0.15, 0.2) is 45.5 Å². The normalized spacial score (nSPS) is 13.0. The maximum absolute atomic E-state index is 13.6. The number of fused-ring (bicyclic) bond motifs is 1. The second kappa shape index (κ2) is 4.29. The van der Waals surface area contributed by atoms with Crippen LogP contribution >= 0.6 is 0 Å². The summed E-state index contributed by atoms with van der Waals surface area (Å²) in [5, 5.41) is 4.75. The second-order valence-corrected chi connectivity index (χ2v) is 4.16. The van der Waals surface area contributed by atoms with Crippen LogP contribution in [0.2, 0.25) is 0 Å². The molecule has 0 saturated heterocycles. The lowest BCUT2D eigenvalue weighted by Gasteiger charge is -1.97. The predicted octanol–water partition coefficient (Wildman–Crippen LogP) is 4.51. The molecule has 3 rings (SSSR count). The number of hydrogen-bond acceptors (Lipinski definition) is 3. The van der Waals surface area contributed by atoms with E-state index in [-0.39, 0.29) is 0 Å². The number of benzene rings is 1. The Kier molecular flexibility index (Phi) is 2.63. The summed E-state index contributed by atoms with van der Waals surface area (Å²) in [7, 11) is 0. The quantitative estimate of drug-likeness (QED) is 0.681. The van der Waals surface area contributed by atoms with E-state index in [9.17, 15) is 4.39 Å². The van der Waals surface area contributed by atoms with E-state index >= 15 is 0 Å². The first kappa shape index (κ1) is 11.0. The SMILES string of the molecule is CCC(F)c1cc2cc(-c3ccon3)ccc2o1. The van der Waals surface area contributed by atoms with E-state index in [0.717, 1.165) is 16.6 Å². The lowest BCUT2D eigenvalue weighted by Crippen LogP contribution is -1.83. The Labute approximate surface area is 103 Å². The molecule has 0 aliphatic carbocycles. The number of nitrogens with zero attached hydrogens (tertiary/aromatic N) is 1. The van der Waals surface area contributed by atoms with Crippen LogP contribution in [0.3, 0.4) is 0 Å². The molecule has 0 radical (unpaired) electrons. The van der Waals surface area contributed by atoms with Crippen LogP contribution in [0, 0.1) is 0 Å². The first-order chi connectivity index (χ1) is 8.78. The fourth-order valence-electron chi connectivity index (χ4n) is 1.94. The summed E-state index contributed by atoms with van der Waals surface area (Å²) < 4.78 is 23.8. The number of halogens is 1. The third kappa shape index (κ3) is 1.79. The van der Waals surface area contributed by atoms with Gasteiger partial charge in [0.2, 0.25) is 0 Å². The molecule has 3 aromatic rings. The van der Waals surface area contributed by atoms with Crippen molar-refractivity contribution in [3.05, 3.63) is 42.4 Å². The zero-order valence-electron chi connectivity index (χ0n) is 9.89. The summed E-state index contributed by atoms with van der Waals surface area (Å²) in [6.45, 7) is 1.79. The van der Waals surface area contributed by atoms with Gasteiger partial charge < -0.3 is 8.94 Å². The molecule has 1 atom stereocenters. The van der Waals surface area contributed by atoms with Crippen molar-refractivity contribution in [1.29, 1.82) is 0 Å². The molecule has 0 aliphatic rings. The zero-order chi connectivity index (χ0) is 12.5. The molecule has 3 nitrogen and oxygen atoms in total. The molecular formula is C14H12FNO2. The molecule has 0 saturated carbocycles. The maximum Gasteiger partial charge on any atom is 0.157 e. The van der Waals surface area contributed by atoms with Crippen LogP contribution in [-0.4, -0.2) is 5.16 Å². The summed E-state index contributed by atoms with van der Waals surface area (Å²) in [6.07, 6.45) is 0.887. The van der Waals surface area contributed by atoms with Crippen molar-refractivity contribution in [3.8, 4) is 11.3 Å². The Morgan fingerprint density at radius 1 is 1.28 bits per heavy atom. The predicted molar refractivity (Wildman–Crippen MR) is 65.9 cm³/mol. The van der Waals surface area contributed by atoms with E-state index < -0.39 is 6.17 Å². The highest BCUT2D eigenvalue weighted by molar-refractivity contribution is 5.83. The molecule has 92 valence electrons. The average Bonchev–Trinajstić information content (AvgIpc) is 3.05. The standard InChI is InChI=1S/C14H12FNO2/c1-2-11(15)14-8-10-7-9(3-4-13(10)18-14)12-5-6-17-16-12/h3-8,11H,2H2,1H3. The minimum Gasteiger partial charge on any atom is -0.458 e. The molecule has 0 bridgehead atoms. The Balaban J connectivity index is 2.07. The molecule has 0 amide bonds. The molecule has 1 aromatic carbocycles. The summed E-state index contributed by atoms with van der Waals surface area (Å²) >= 11 is 0. The first-order valence-electron chi connectivity index (χ1n) is 5.86. The van der Waals surface area contributed by atoms with E-state index in [4.69, 9.17) is 8.94 Å². The van der Waals surface area contributed by atoms with Gasteiger partial charge in [0.25, 0.3) is 0 Å². The highest BCUT2D eigenvalue weighted by Crippen LogP contribution is 2.30. The minimum atomic E-state index is -1.05. The number of aromatic nitrogens is 1. The van der Waals surface area contributed by atoms with Crippen molar-refractivity contribution in [2.24, 2.45) is 0 Å². The molecule has 18 heavy (non-hydrogen) atoms. The van der Waals surface area contributed by atoms with Gasteiger partial charge in [-0.25, -0.2) is 4.39 Å². The summed E-state index contributed by atoms with van der Waals surface area (Å²) in [5.74, 6) is 0.379. The molecule has 0 aliphatic heterocycles. The molecule has 0 N–H and O–H groups in total. The molecule has 2 aromatic heterocycles. The number of hydrogen-bond donors (Lipinski definition) is 0. The largest absolute Gasteiger partial charge is 0.458 e. The van der Waals surface area contributed by atoms with Crippen LogP contribution < -0.4 is 0 Å². The molecule has 2 heterocycles. The Hall–Kier alpha value is -2.10. The monoisotopic (exact) mass is 245 g/mol. The van der Waals surface area contributed by atoms with Crippen molar-refractivity contribution < 1.29 is 13.3 Å². The fraction of sp³-hybridized carbons (Fsp3) is 0.214. The Morgan fingerprint density at radius 3 is 2.89 bits per heavy atom. The van der Waals surface area contributed by atoms with Crippen molar-refractivity contribution in [3.63, 3.8) is 0 Å². The van der Waals surface area contributed by atoms with Crippen molar-refractivity contribution in [2.45, 2.75) is 19.5 Å². The second-order valence-electron chi connectivity index (χ2n) is 4.16. The van der Waals surface area contributed by atoms with Crippen molar-refractivity contribution >= 4 is 11.0 Å². The van der Waals surface area contributed by atoms with E-state index in [1.54, 1.807) is 19.1 Å². The molecule has 0 spiro atoms. The zero-order valence-corrected chi connectivity index (χ0v) is 9.89. The topological polar surface area (TPSA) is 39.2 Å². The minimum absolute atomic E-state index is 0.379. The van der Waals surface area contributed by atoms with Gasteiger partial charge in [0.05, 0.1) is 0 Å².